The molecule has 2 saturated carbocycles. The van der Waals surface area contributed by atoms with E-state index >= 15 is 0 Å². The van der Waals surface area contributed by atoms with E-state index in [0.717, 1.165) is 38.7 Å². The van der Waals surface area contributed by atoms with Gasteiger partial charge < -0.3 is 9.47 Å². The van der Waals surface area contributed by atoms with Crippen LogP contribution in [-0.2, 0) is 19.1 Å². The highest BCUT2D eigenvalue weighted by Gasteiger charge is 2.66. The van der Waals surface area contributed by atoms with E-state index in [0.29, 0.717) is 30.6 Å². The molecule has 1 saturated heterocycles. The molecule has 5 atom stereocenters. The number of carbonyl (C=O) groups excluding carboxylic acids is 2. The zero-order chi connectivity index (χ0) is 16.0. The summed E-state index contributed by atoms with van der Waals surface area (Å²) in [6.07, 6.45) is 5.28. The number of Topliss-reactive ketones (excluding diaryl/α,β-unsaturated/α-hetero) is 2. The van der Waals surface area contributed by atoms with Crippen LogP contribution in [0.3, 0.4) is 0 Å². The number of ketones is 2. The molecule has 0 aromatic rings. The smallest absolute Gasteiger partial charge is 0.157 e. The lowest BCUT2D eigenvalue weighted by molar-refractivity contribution is -0.175. The van der Waals surface area contributed by atoms with Crippen molar-refractivity contribution in [3.8, 4) is 0 Å². The van der Waals surface area contributed by atoms with Gasteiger partial charge in [-0.25, -0.2) is 0 Å². The average Bonchev–Trinajstić information content (AvgIpc) is 3.16. The van der Waals surface area contributed by atoms with Gasteiger partial charge in [0.2, 0.25) is 0 Å². The molecule has 4 heteroatoms. The van der Waals surface area contributed by atoms with Crippen LogP contribution in [0.1, 0.15) is 59.3 Å². The molecule has 0 bridgehead atoms. The maximum absolute atomic E-state index is 12.8. The summed E-state index contributed by atoms with van der Waals surface area (Å²) in [4.78, 5) is 24.4. The van der Waals surface area contributed by atoms with Gasteiger partial charge in [0.1, 0.15) is 11.6 Å². The lowest BCUT2D eigenvalue weighted by Gasteiger charge is -2.39. The van der Waals surface area contributed by atoms with Crippen LogP contribution < -0.4 is 0 Å². The van der Waals surface area contributed by atoms with Crippen LogP contribution in [-0.4, -0.2) is 31.1 Å². The molecule has 3 fully saturated rings. The van der Waals surface area contributed by atoms with Gasteiger partial charge in [0, 0.05) is 23.9 Å². The fourth-order valence-corrected chi connectivity index (χ4v) is 4.80. The normalized spacial score (nSPS) is 44.5. The standard InChI is InChI=1S/C18H28O4/c1-12(19)8-17(2)9-13(14-10-18(14,3)16(17)20)11-22-15-6-4-5-7-21-15/h13-15H,4-11H2,1-3H3/t13?,14-,15?,17+,18-/m0/s1. The van der Waals surface area contributed by atoms with Crippen LogP contribution >= 0.6 is 0 Å². The Morgan fingerprint density at radius 1 is 1.32 bits per heavy atom. The molecule has 0 radical (unpaired) electrons. The second-order valence-electron chi connectivity index (χ2n) is 8.09. The summed E-state index contributed by atoms with van der Waals surface area (Å²) in [6, 6.07) is 0. The van der Waals surface area contributed by atoms with Gasteiger partial charge in [-0.15, -0.1) is 0 Å². The van der Waals surface area contributed by atoms with E-state index in [4.69, 9.17) is 9.47 Å². The Morgan fingerprint density at radius 3 is 2.73 bits per heavy atom. The molecule has 0 spiro atoms. The lowest BCUT2D eigenvalue weighted by Crippen LogP contribution is -2.44. The molecule has 2 unspecified atom stereocenters. The van der Waals surface area contributed by atoms with Crippen LogP contribution in [0.4, 0.5) is 0 Å². The summed E-state index contributed by atoms with van der Waals surface area (Å²) in [5.41, 5.74) is -0.723. The SMILES string of the molecule is CC(=O)C[C@]1(C)CC(COC2CCCCO2)[C@@H]2C[C@]2(C)C1=O. The average molecular weight is 308 g/mol. The van der Waals surface area contributed by atoms with Crippen LogP contribution in [0.25, 0.3) is 0 Å². The van der Waals surface area contributed by atoms with Crippen molar-refractivity contribution < 1.29 is 19.1 Å². The summed E-state index contributed by atoms with van der Waals surface area (Å²) in [6.45, 7) is 7.08. The van der Waals surface area contributed by atoms with Crippen LogP contribution in [0.15, 0.2) is 0 Å². The van der Waals surface area contributed by atoms with E-state index in [1.807, 2.05) is 6.92 Å². The number of rotatable bonds is 5. The Bertz CT molecular complexity index is 468. The molecule has 2 aliphatic carbocycles. The van der Waals surface area contributed by atoms with Gasteiger partial charge in [-0.3, -0.25) is 9.59 Å². The van der Waals surface area contributed by atoms with Crippen molar-refractivity contribution in [3.05, 3.63) is 0 Å². The third-order valence-corrected chi connectivity index (χ3v) is 5.92. The molecule has 1 aliphatic heterocycles. The number of carbonyl (C=O) groups is 2. The quantitative estimate of drug-likeness (QED) is 0.783. The van der Waals surface area contributed by atoms with Crippen molar-refractivity contribution in [2.24, 2.45) is 22.7 Å². The van der Waals surface area contributed by atoms with Gasteiger partial charge >= 0.3 is 0 Å². The molecular weight excluding hydrogens is 280 g/mol. The summed E-state index contributed by atoms with van der Waals surface area (Å²) >= 11 is 0. The molecule has 3 rings (SSSR count). The van der Waals surface area contributed by atoms with Gasteiger partial charge in [-0.05, 0) is 50.9 Å². The Hall–Kier alpha value is -0.740. The van der Waals surface area contributed by atoms with Crippen molar-refractivity contribution in [3.63, 3.8) is 0 Å². The Labute approximate surface area is 132 Å². The second kappa shape index (κ2) is 5.72. The van der Waals surface area contributed by atoms with Crippen molar-refractivity contribution in [1.82, 2.24) is 0 Å². The molecule has 0 amide bonds. The monoisotopic (exact) mass is 308 g/mol. The molecular formula is C18H28O4. The van der Waals surface area contributed by atoms with Gasteiger partial charge in [-0.2, -0.15) is 0 Å². The first-order valence-corrected chi connectivity index (χ1v) is 8.63. The highest BCUT2D eigenvalue weighted by molar-refractivity contribution is 5.96. The minimum atomic E-state index is -0.505. The maximum atomic E-state index is 12.8. The molecule has 0 N–H and O–H groups in total. The predicted octanol–water partition coefficient (Wildman–Crippen LogP) is 3.13. The number of hydrogen-bond acceptors (Lipinski definition) is 4. The first kappa shape index (κ1) is 16.1. The van der Waals surface area contributed by atoms with Crippen LogP contribution in [0.2, 0.25) is 0 Å². The fourth-order valence-electron chi connectivity index (χ4n) is 4.80. The number of ether oxygens (including phenoxy) is 2. The first-order valence-electron chi connectivity index (χ1n) is 8.63. The molecule has 0 aromatic heterocycles. The van der Waals surface area contributed by atoms with E-state index in [-0.39, 0.29) is 17.5 Å². The fraction of sp³-hybridized carbons (Fsp3) is 0.889. The molecule has 22 heavy (non-hydrogen) atoms. The minimum absolute atomic E-state index is 0.0737. The van der Waals surface area contributed by atoms with E-state index in [9.17, 15) is 9.59 Å². The Kier molecular flexibility index (Phi) is 4.19. The largest absolute Gasteiger partial charge is 0.353 e. The van der Waals surface area contributed by atoms with Gasteiger partial charge in [0.25, 0.3) is 0 Å². The highest BCUT2D eigenvalue weighted by atomic mass is 16.7. The predicted molar refractivity (Wildman–Crippen MR) is 82.3 cm³/mol. The first-order chi connectivity index (χ1) is 10.3. The summed E-state index contributed by atoms with van der Waals surface area (Å²) in [5.74, 6) is 1.21. The van der Waals surface area contributed by atoms with E-state index in [1.165, 1.54) is 0 Å². The molecule has 4 nitrogen and oxygen atoms in total. The minimum Gasteiger partial charge on any atom is -0.353 e. The van der Waals surface area contributed by atoms with E-state index in [2.05, 4.69) is 6.92 Å². The maximum Gasteiger partial charge on any atom is 0.157 e. The Morgan fingerprint density at radius 2 is 2.09 bits per heavy atom. The summed E-state index contributed by atoms with van der Waals surface area (Å²) < 4.78 is 11.6. The molecule has 124 valence electrons. The van der Waals surface area contributed by atoms with Crippen molar-refractivity contribution in [1.29, 1.82) is 0 Å². The third kappa shape index (κ3) is 2.88. The molecule has 3 aliphatic rings. The summed E-state index contributed by atoms with van der Waals surface area (Å²) in [7, 11) is 0. The third-order valence-electron chi connectivity index (χ3n) is 5.92. The molecule has 0 aromatic carbocycles. The van der Waals surface area contributed by atoms with Crippen LogP contribution in [0, 0.1) is 22.7 Å². The van der Waals surface area contributed by atoms with Gasteiger partial charge in [0.15, 0.2) is 6.29 Å². The number of hydrogen-bond donors (Lipinski definition) is 0. The van der Waals surface area contributed by atoms with Crippen molar-refractivity contribution in [2.45, 2.75) is 65.6 Å². The van der Waals surface area contributed by atoms with Crippen molar-refractivity contribution in [2.75, 3.05) is 13.2 Å². The van der Waals surface area contributed by atoms with E-state index < -0.39 is 5.41 Å². The zero-order valence-corrected chi connectivity index (χ0v) is 14.0. The number of fused-ring (bicyclic) bond motifs is 1. The topological polar surface area (TPSA) is 52.6 Å². The van der Waals surface area contributed by atoms with Crippen LogP contribution in [0.5, 0.6) is 0 Å². The Balaban J connectivity index is 1.64. The molecule has 1 heterocycles. The van der Waals surface area contributed by atoms with Gasteiger partial charge in [0.05, 0.1) is 6.61 Å². The van der Waals surface area contributed by atoms with Crippen molar-refractivity contribution >= 4 is 11.6 Å². The van der Waals surface area contributed by atoms with Gasteiger partial charge in [-0.1, -0.05) is 13.8 Å². The highest BCUT2D eigenvalue weighted by Crippen LogP contribution is 2.65. The van der Waals surface area contributed by atoms with E-state index in [1.54, 1.807) is 6.92 Å². The lowest BCUT2D eigenvalue weighted by atomic mass is 9.64. The summed E-state index contributed by atoms with van der Waals surface area (Å²) in [5, 5.41) is 0. The zero-order valence-electron chi connectivity index (χ0n) is 14.0. The second-order valence-corrected chi connectivity index (χ2v) is 8.09.